The van der Waals surface area contributed by atoms with E-state index in [1.165, 1.54) is 24.5 Å². The predicted molar refractivity (Wildman–Crippen MR) is 122 cm³/mol. The molecule has 9 nitrogen and oxygen atoms in total. The van der Waals surface area contributed by atoms with Crippen LogP contribution in [0.25, 0.3) is 10.2 Å². The van der Waals surface area contributed by atoms with E-state index >= 15 is 0 Å². The van der Waals surface area contributed by atoms with Gasteiger partial charge in [0.2, 0.25) is 0 Å². The van der Waals surface area contributed by atoms with Gasteiger partial charge < -0.3 is 4.74 Å². The summed E-state index contributed by atoms with van der Waals surface area (Å²) in [6.45, 7) is 1.39. The normalized spacial score (nSPS) is 10.8. The number of hydrogen-bond donors (Lipinski definition) is 0. The number of nitrogens with zero attached hydrogens (tertiary/aromatic N) is 3. The van der Waals surface area contributed by atoms with Crippen molar-refractivity contribution in [2.24, 2.45) is 0 Å². The molecule has 0 aliphatic heterocycles. The number of ketones is 1. The summed E-state index contributed by atoms with van der Waals surface area (Å²) >= 11 is 1.05. The molecule has 2 aromatic carbocycles. The number of Topliss-reactive ketones (excluding diaryl/α,β-unsaturated/α-hetero) is 1. The van der Waals surface area contributed by atoms with Gasteiger partial charge in [-0.15, -0.1) is 11.3 Å². The summed E-state index contributed by atoms with van der Waals surface area (Å²) in [5, 5.41) is 11.2. The summed E-state index contributed by atoms with van der Waals surface area (Å²) in [7, 11) is 0. The molecule has 33 heavy (non-hydrogen) atoms. The molecule has 2 heterocycles. The maximum atomic E-state index is 13.0. The second-order valence-corrected chi connectivity index (χ2v) is 8.21. The summed E-state index contributed by atoms with van der Waals surface area (Å²) in [4.78, 5) is 53.5. The molecule has 0 fully saturated rings. The average molecular weight is 463 g/mol. The highest BCUT2D eigenvalue weighted by molar-refractivity contribution is 7.20. The Balaban J connectivity index is 1.58. The van der Waals surface area contributed by atoms with Crippen molar-refractivity contribution in [2.75, 3.05) is 0 Å². The number of benzene rings is 2. The van der Waals surface area contributed by atoms with Gasteiger partial charge in [-0.3, -0.25) is 24.3 Å². The largest absolute Gasteiger partial charge is 0.457 e. The van der Waals surface area contributed by atoms with E-state index in [9.17, 15) is 24.5 Å². The number of rotatable bonds is 7. The number of esters is 1. The molecule has 0 amide bonds. The number of hydrogen-bond acceptors (Lipinski definition) is 8. The lowest BCUT2D eigenvalue weighted by Gasteiger charge is -2.05. The fraction of sp³-hybridized carbons (Fsp3) is 0.130. The Morgan fingerprint density at radius 3 is 2.64 bits per heavy atom. The van der Waals surface area contributed by atoms with Gasteiger partial charge in [-0.1, -0.05) is 42.5 Å². The Morgan fingerprint density at radius 2 is 1.91 bits per heavy atom. The molecule has 0 aliphatic rings. The zero-order chi connectivity index (χ0) is 23.5. The van der Waals surface area contributed by atoms with E-state index in [1.54, 1.807) is 6.92 Å². The van der Waals surface area contributed by atoms with E-state index in [0.717, 1.165) is 27.5 Å². The summed E-state index contributed by atoms with van der Waals surface area (Å²) in [6.07, 6.45) is 1.23. The van der Waals surface area contributed by atoms with Crippen molar-refractivity contribution < 1.29 is 19.2 Å². The Hall–Kier alpha value is -4.18. The molecule has 0 saturated heterocycles. The van der Waals surface area contributed by atoms with Crippen molar-refractivity contribution in [1.29, 1.82) is 0 Å². The van der Waals surface area contributed by atoms with Crippen molar-refractivity contribution in [1.82, 2.24) is 9.55 Å². The topological polar surface area (TPSA) is 121 Å². The van der Waals surface area contributed by atoms with Crippen LogP contribution in [0.1, 0.15) is 31.2 Å². The molecule has 0 saturated carbocycles. The summed E-state index contributed by atoms with van der Waals surface area (Å²) in [5.41, 5.74) is 0.694. The van der Waals surface area contributed by atoms with Crippen molar-refractivity contribution in [3.8, 4) is 0 Å². The average Bonchev–Trinajstić information content (AvgIpc) is 3.17. The third-order valence-electron chi connectivity index (χ3n) is 5.01. The number of carbonyl (C=O) groups is 2. The Morgan fingerprint density at radius 1 is 1.15 bits per heavy atom. The Kier molecular flexibility index (Phi) is 6.09. The fourth-order valence-corrected chi connectivity index (χ4v) is 4.33. The van der Waals surface area contributed by atoms with Crippen molar-refractivity contribution in [3.05, 3.63) is 103 Å². The maximum Gasteiger partial charge on any atom is 0.349 e. The first kappa shape index (κ1) is 22.0. The molecule has 0 atom stereocenters. The first-order valence-corrected chi connectivity index (χ1v) is 10.6. The highest BCUT2D eigenvalue weighted by Crippen LogP contribution is 2.27. The van der Waals surface area contributed by atoms with Crippen LogP contribution < -0.4 is 5.56 Å². The van der Waals surface area contributed by atoms with Gasteiger partial charge in [-0.2, -0.15) is 0 Å². The molecule has 0 spiro atoms. The van der Waals surface area contributed by atoms with Crippen molar-refractivity contribution in [2.45, 2.75) is 20.1 Å². The number of thiophene rings is 1. The van der Waals surface area contributed by atoms with Crippen molar-refractivity contribution >= 4 is 39.0 Å². The third kappa shape index (κ3) is 4.55. The zero-order valence-electron chi connectivity index (χ0n) is 17.4. The van der Waals surface area contributed by atoms with Crippen LogP contribution >= 0.6 is 11.3 Å². The summed E-state index contributed by atoms with van der Waals surface area (Å²) in [5.74, 6) is -1.03. The van der Waals surface area contributed by atoms with Crippen LogP contribution in [0.2, 0.25) is 0 Å². The maximum absolute atomic E-state index is 13.0. The number of nitro benzene ring substituents is 1. The van der Waals surface area contributed by atoms with Crippen LogP contribution in [-0.4, -0.2) is 26.2 Å². The summed E-state index contributed by atoms with van der Waals surface area (Å²) in [6, 6.07) is 14.5. The number of nitro groups is 1. The van der Waals surface area contributed by atoms with E-state index in [0.29, 0.717) is 10.4 Å². The summed E-state index contributed by atoms with van der Waals surface area (Å²) < 4.78 is 6.50. The highest BCUT2D eigenvalue weighted by atomic mass is 32.1. The predicted octanol–water partition coefficient (Wildman–Crippen LogP) is 3.91. The second-order valence-electron chi connectivity index (χ2n) is 7.21. The molecule has 4 rings (SSSR count). The number of aromatic nitrogens is 2. The van der Waals surface area contributed by atoms with Crippen LogP contribution in [0.15, 0.2) is 65.7 Å². The molecular weight excluding hydrogens is 446 g/mol. The lowest BCUT2D eigenvalue weighted by atomic mass is 10.1. The van der Waals surface area contributed by atoms with Gasteiger partial charge in [0.15, 0.2) is 5.78 Å². The van der Waals surface area contributed by atoms with Crippen LogP contribution in [0.5, 0.6) is 0 Å². The molecule has 166 valence electrons. The minimum atomic E-state index is -0.594. The smallest absolute Gasteiger partial charge is 0.349 e. The first-order chi connectivity index (χ1) is 15.8. The van der Waals surface area contributed by atoms with Gasteiger partial charge in [-0.05, 0) is 18.1 Å². The molecule has 0 aliphatic carbocycles. The SMILES string of the molecule is Cc1c(C(=O)OCc2ccccc2)sc2ncn(CC(=O)c3cccc([N+](=O)[O-])c3)c(=O)c12. The lowest BCUT2D eigenvalue weighted by molar-refractivity contribution is -0.384. The zero-order valence-corrected chi connectivity index (χ0v) is 18.2. The molecule has 10 heteroatoms. The van der Waals surface area contributed by atoms with E-state index < -0.39 is 22.2 Å². The molecular formula is C23H17N3O6S. The number of carbonyl (C=O) groups excluding carboxylic acids is 2. The van der Waals surface area contributed by atoms with E-state index in [1.807, 2.05) is 30.3 Å². The van der Waals surface area contributed by atoms with Crippen molar-refractivity contribution in [3.63, 3.8) is 0 Å². The number of ether oxygens (including phenoxy) is 1. The van der Waals surface area contributed by atoms with E-state index in [-0.39, 0.29) is 34.7 Å². The van der Waals surface area contributed by atoms with Gasteiger partial charge in [0.25, 0.3) is 11.2 Å². The standard InChI is InChI=1S/C23H17N3O6S/c1-14-19-21(33-20(14)23(29)32-12-15-6-3-2-4-7-15)24-13-25(22(19)28)11-18(27)16-8-5-9-17(10-16)26(30)31/h2-10,13H,11-12H2,1H3. The lowest BCUT2D eigenvalue weighted by Crippen LogP contribution is -2.24. The van der Waals surface area contributed by atoms with E-state index in [2.05, 4.69) is 4.98 Å². The quantitative estimate of drug-likeness (QED) is 0.176. The number of non-ortho nitro benzene ring substituents is 1. The van der Waals surface area contributed by atoms with Crippen LogP contribution in [0.4, 0.5) is 5.69 Å². The highest BCUT2D eigenvalue weighted by Gasteiger charge is 2.21. The van der Waals surface area contributed by atoms with Crippen LogP contribution in [0, 0.1) is 17.0 Å². The molecule has 4 aromatic rings. The van der Waals surface area contributed by atoms with Crippen LogP contribution in [0.3, 0.4) is 0 Å². The second kappa shape index (κ2) is 9.13. The minimum Gasteiger partial charge on any atom is -0.457 e. The van der Waals surface area contributed by atoms with Gasteiger partial charge in [0, 0.05) is 17.7 Å². The molecule has 0 radical (unpaired) electrons. The van der Waals surface area contributed by atoms with Gasteiger partial charge in [-0.25, -0.2) is 9.78 Å². The van der Waals surface area contributed by atoms with Gasteiger partial charge in [0.05, 0.1) is 23.2 Å². The minimum absolute atomic E-state index is 0.0999. The molecule has 0 bridgehead atoms. The van der Waals surface area contributed by atoms with Gasteiger partial charge in [0.1, 0.15) is 16.3 Å². The van der Waals surface area contributed by atoms with Gasteiger partial charge >= 0.3 is 5.97 Å². The molecule has 2 aromatic heterocycles. The molecule has 0 unspecified atom stereocenters. The Labute approximate surface area is 191 Å². The molecule has 0 N–H and O–H groups in total. The number of aryl methyl sites for hydroxylation is 1. The fourth-order valence-electron chi connectivity index (χ4n) is 3.29. The number of fused-ring (bicyclic) bond motifs is 1. The first-order valence-electron chi connectivity index (χ1n) is 9.82. The van der Waals surface area contributed by atoms with E-state index in [4.69, 9.17) is 4.74 Å². The Bertz CT molecular complexity index is 1440. The van der Waals surface area contributed by atoms with Crippen LogP contribution in [-0.2, 0) is 17.9 Å². The monoisotopic (exact) mass is 463 g/mol. The third-order valence-corrected chi connectivity index (χ3v) is 6.19.